The third-order valence-corrected chi connectivity index (χ3v) is 6.25. The first kappa shape index (κ1) is 22.1. The number of piperidine rings is 1. The monoisotopic (exact) mass is 464 g/mol. The van der Waals surface area contributed by atoms with Crippen molar-refractivity contribution in [2.24, 2.45) is 0 Å². The number of carbonyl (C=O) groups excluding carboxylic acids is 2. The largest absolute Gasteiger partial charge is 0.493 e. The number of rotatable bonds is 4. The van der Waals surface area contributed by atoms with E-state index in [1.54, 1.807) is 30.2 Å². The van der Waals surface area contributed by atoms with Crippen molar-refractivity contribution in [1.29, 1.82) is 0 Å². The summed E-state index contributed by atoms with van der Waals surface area (Å²) in [6, 6.07) is 10.9. The fourth-order valence-corrected chi connectivity index (χ4v) is 4.54. The van der Waals surface area contributed by atoms with Crippen LogP contribution in [0, 0.1) is 0 Å². The molecule has 0 spiro atoms. The number of para-hydroxylation sites is 2. The summed E-state index contributed by atoms with van der Waals surface area (Å²) in [5.41, 5.74) is 1.40. The molecular formula is C26H28N2O6. The topological polar surface area (TPSA) is 77.5 Å². The minimum absolute atomic E-state index is 0.0624. The number of anilines is 1. The summed E-state index contributed by atoms with van der Waals surface area (Å²) >= 11 is 0. The molecule has 3 heterocycles. The van der Waals surface area contributed by atoms with Gasteiger partial charge >= 0.3 is 0 Å². The van der Waals surface area contributed by atoms with E-state index in [4.69, 9.17) is 18.9 Å². The second kappa shape index (κ2) is 9.67. The van der Waals surface area contributed by atoms with Crippen molar-refractivity contribution in [2.45, 2.75) is 25.4 Å². The highest BCUT2D eigenvalue weighted by atomic mass is 16.6. The first-order valence-electron chi connectivity index (χ1n) is 11.7. The zero-order valence-corrected chi connectivity index (χ0v) is 19.2. The Morgan fingerprint density at radius 2 is 1.82 bits per heavy atom. The van der Waals surface area contributed by atoms with Gasteiger partial charge in [0.1, 0.15) is 19.0 Å². The number of likely N-dealkylation sites (tertiary alicyclic amines) is 1. The fraction of sp³-hybridized carbons (Fsp3) is 0.385. The lowest BCUT2D eigenvalue weighted by molar-refractivity contribution is -0.139. The third-order valence-electron chi connectivity index (χ3n) is 6.25. The van der Waals surface area contributed by atoms with E-state index < -0.39 is 6.10 Å². The molecule has 5 rings (SSSR count). The van der Waals surface area contributed by atoms with Crippen LogP contribution in [0.1, 0.15) is 24.8 Å². The molecule has 2 amide bonds. The molecule has 2 aromatic rings. The van der Waals surface area contributed by atoms with Gasteiger partial charge in [-0.15, -0.1) is 0 Å². The smallest absolute Gasteiger partial charge is 0.265 e. The van der Waals surface area contributed by atoms with Crippen LogP contribution in [0.5, 0.6) is 23.0 Å². The van der Waals surface area contributed by atoms with Gasteiger partial charge in [0.15, 0.2) is 17.6 Å². The van der Waals surface area contributed by atoms with Crippen LogP contribution >= 0.6 is 0 Å². The molecule has 1 saturated heterocycles. The fourth-order valence-electron chi connectivity index (χ4n) is 4.54. The molecule has 2 aromatic carbocycles. The summed E-state index contributed by atoms with van der Waals surface area (Å²) in [5.74, 6) is 1.94. The Morgan fingerprint density at radius 1 is 1.03 bits per heavy atom. The van der Waals surface area contributed by atoms with Gasteiger partial charge in [0.05, 0.1) is 19.3 Å². The number of ether oxygens (including phenoxy) is 4. The molecule has 178 valence electrons. The molecule has 0 bridgehead atoms. The number of fused-ring (bicyclic) bond motifs is 2. The van der Waals surface area contributed by atoms with Crippen molar-refractivity contribution >= 4 is 23.6 Å². The quantitative estimate of drug-likeness (QED) is 0.647. The van der Waals surface area contributed by atoms with Crippen LogP contribution < -0.4 is 23.8 Å². The lowest BCUT2D eigenvalue weighted by Gasteiger charge is -2.37. The Kier molecular flexibility index (Phi) is 6.29. The summed E-state index contributed by atoms with van der Waals surface area (Å²) in [4.78, 5) is 29.9. The third kappa shape index (κ3) is 4.40. The molecule has 0 radical (unpaired) electrons. The Hall–Kier alpha value is -3.68. The predicted octanol–water partition coefficient (Wildman–Crippen LogP) is 3.29. The van der Waals surface area contributed by atoms with Crippen LogP contribution in [0.15, 0.2) is 42.5 Å². The van der Waals surface area contributed by atoms with Gasteiger partial charge in [-0.2, -0.15) is 0 Å². The van der Waals surface area contributed by atoms with Crippen molar-refractivity contribution < 1.29 is 28.5 Å². The van der Waals surface area contributed by atoms with E-state index in [9.17, 15) is 9.59 Å². The number of methoxy groups -OCH3 is 1. The maximum atomic E-state index is 13.3. The zero-order valence-electron chi connectivity index (χ0n) is 19.2. The number of nitrogens with zero attached hydrogens (tertiary/aromatic N) is 2. The van der Waals surface area contributed by atoms with Crippen LogP contribution in [0.3, 0.4) is 0 Å². The maximum Gasteiger partial charge on any atom is 0.265 e. The van der Waals surface area contributed by atoms with Gasteiger partial charge in [-0.05, 0) is 55.2 Å². The number of amides is 2. The Bertz CT molecular complexity index is 1090. The summed E-state index contributed by atoms with van der Waals surface area (Å²) in [7, 11) is 1.57. The first-order chi connectivity index (χ1) is 16.6. The first-order valence-corrected chi connectivity index (χ1v) is 11.7. The summed E-state index contributed by atoms with van der Waals surface area (Å²) < 4.78 is 22.8. The molecule has 1 unspecified atom stereocenters. The van der Waals surface area contributed by atoms with Crippen LogP contribution in [0.4, 0.5) is 5.69 Å². The molecule has 8 nitrogen and oxygen atoms in total. The normalized spacial score (nSPS) is 19.4. The minimum atomic E-state index is -0.722. The molecule has 34 heavy (non-hydrogen) atoms. The Labute approximate surface area is 198 Å². The molecule has 1 atom stereocenters. The van der Waals surface area contributed by atoms with Crippen LogP contribution in [-0.4, -0.2) is 62.8 Å². The van der Waals surface area contributed by atoms with Crippen molar-refractivity contribution in [2.75, 3.05) is 44.9 Å². The van der Waals surface area contributed by atoms with Crippen LogP contribution in [-0.2, 0) is 9.59 Å². The van der Waals surface area contributed by atoms with Gasteiger partial charge in [0.25, 0.3) is 11.8 Å². The molecule has 0 aliphatic carbocycles. The molecule has 0 aromatic heterocycles. The van der Waals surface area contributed by atoms with E-state index >= 15 is 0 Å². The van der Waals surface area contributed by atoms with Crippen LogP contribution in [0.2, 0.25) is 0 Å². The lowest BCUT2D eigenvalue weighted by Crippen LogP contribution is -2.52. The molecule has 8 heteroatoms. The van der Waals surface area contributed by atoms with Crippen molar-refractivity contribution in [1.82, 2.24) is 4.90 Å². The van der Waals surface area contributed by atoms with E-state index in [1.807, 2.05) is 29.2 Å². The zero-order chi connectivity index (χ0) is 23.5. The SMILES string of the molecule is COc1cc(C=CC(=O)N2CC(C(=O)N3CCCCC3)Oc3ccccc32)cc2c1OCCO2. The van der Waals surface area contributed by atoms with E-state index in [1.165, 1.54) is 6.08 Å². The summed E-state index contributed by atoms with van der Waals surface area (Å²) in [6.45, 7) is 2.56. The maximum absolute atomic E-state index is 13.3. The van der Waals surface area contributed by atoms with Crippen molar-refractivity contribution in [3.05, 3.63) is 48.0 Å². The highest BCUT2D eigenvalue weighted by Gasteiger charge is 2.35. The average Bonchev–Trinajstić information content (AvgIpc) is 2.90. The molecule has 0 N–H and O–H groups in total. The average molecular weight is 465 g/mol. The Morgan fingerprint density at radius 3 is 2.65 bits per heavy atom. The lowest BCUT2D eigenvalue weighted by atomic mass is 10.1. The standard InChI is InChI=1S/C26H28N2O6/c1-31-21-15-18(16-22-25(21)33-14-13-32-22)9-10-24(29)28-17-23(26(30)27-11-5-2-6-12-27)34-20-8-4-3-7-19(20)28/h3-4,7-10,15-16,23H,2,5-6,11-14,17H2,1H3. The molecule has 1 fully saturated rings. The van der Waals surface area contributed by atoms with E-state index in [2.05, 4.69) is 0 Å². The summed E-state index contributed by atoms with van der Waals surface area (Å²) in [6.07, 6.45) is 5.62. The predicted molar refractivity (Wildman–Crippen MR) is 127 cm³/mol. The highest BCUT2D eigenvalue weighted by molar-refractivity contribution is 6.06. The highest BCUT2D eigenvalue weighted by Crippen LogP contribution is 2.41. The second-order valence-corrected chi connectivity index (χ2v) is 8.49. The molecule has 3 aliphatic rings. The molecule has 3 aliphatic heterocycles. The van der Waals surface area contributed by atoms with Gasteiger partial charge in [-0.1, -0.05) is 12.1 Å². The van der Waals surface area contributed by atoms with Gasteiger partial charge in [0, 0.05) is 19.2 Å². The molecular weight excluding hydrogens is 436 g/mol. The van der Waals surface area contributed by atoms with E-state index in [0.717, 1.165) is 37.9 Å². The van der Waals surface area contributed by atoms with Gasteiger partial charge in [-0.3, -0.25) is 9.59 Å². The van der Waals surface area contributed by atoms with E-state index in [0.29, 0.717) is 41.9 Å². The molecule has 0 saturated carbocycles. The number of hydrogen-bond acceptors (Lipinski definition) is 6. The van der Waals surface area contributed by atoms with Gasteiger partial charge in [-0.25, -0.2) is 0 Å². The number of hydrogen-bond donors (Lipinski definition) is 0. The second-order valence-electron chi connectivity index (χ2n) is 8.49. The minimum Gasteiger partial charge on any atom is -0.493 e. The van der Waals surface area contributed by atoms with Crippen LogP contribution in [0.25, 0.3) is 6.08 Å². The van der Waals surface area contributed by atoms with Crippen molar-refractivity contribution in [3.63, 3.8) is 0 Å². The number of carbonyl (C=O) groups is 2. The summed E-state index contributed by atoms with van der Waals surface area (Å²) in [5, 5.41) is 0. The van der Waals surface area contributed by atoms with Gasteiger partial charge in [0.2, 0.25) is 5.75 Å². The van der Waals surface area contributed by atoms with E-state index in [-0.39, 0.29) is 18.4 Å². The van der Waals surface area contributed by atoms with Crippen molar-refractivity contribution in [3.8, 4) is 23.0 Å². The number of benzene rings is 2. The Balaban J connectivity index is 1.38. The van der Waals surface area contributed by atoms with Gasteiger partial charge < -0.3 is 28.7 Å².